The zero-order valence-corrected chi connectivity index (χ0v) is 21.0. The maximum Gasteiger partial charge on any atom is 0.410 e. The highest BCUT2D eigenvalue weighted by atomic mass is 19.1. The van der Waals surface area contributed by atoms with E-state index in [2.05, 4.69) is 0 Å². The van der Waals surface area contributed by atoms with Crippen molar-refractivity contribution in [2.45, 2.75) is 45.8 Å². The summed E-state index contributed by atoms with van der Waals surface area (Å²) in [5, 5.41) is 0. The van der Waals surface area contributed by atoms with E-state index in [0.717, 1.165) is 23.8 Å². The number of imidazole rings is 1. The molecule has 3 aromatic rings. The molecule has 0 bridgehead atoms. The third-order valence-corrected chi connectivity index (χ3v) is 5.93. The Morgan fingerprint density at radius 1 is 1.17 bits per heavy atom. The van der Waals surface area contributed by atoms with Crippen molar-refractivity contribution in [3.8, 4) is 11.3 Å². The van der Waals surface area contributed by atoms with Gasteiger partial charge in [0.2, 0.25) is 0 Å². The SMILES string of the molecule is COC(=O)N(CC[C@H](N)CF)[C@@H](c1nc(-c2cc(F)ccc2F)cn1Cc1ccccc1)C(C)(C)C. The molecule has 0 saturated carbocycles. The van der Waals surface area contributed by atoms with Crippen molar-refractivity contribution in [3.63, 3.8) is 0 Å². The quantitative estimate of drug-likeness (QED) is 0.406. The number of nitrogens with two attached hydrogens (primary N) is 1. The molecule has 194 valence electrons. The topological polar surface area (TPSA) is 73.4 Å². The van der Waals surface area contributed by atoms with Gasteiger partial charge in [0.15, 0.2) is 0 Å². The second-order valence-electron chi connectivity index (χ2n) is 9.86. The van der Waals surface area contributed by atoms with Gasteiger partial charge in [-0.05, 0) is 35.6 Å². The zero-order valence-electron chi connectivity index (χ0n) is 21.0. The van der Waals surface area contributed by atoms with E-state index in [1.54, 1.807) is 6.20 Å². The van der Waals surface area contributed by atoms with E-state index in [4.69, 9.17) is 15.5 Å². The molecule has 0 radical (unpaired) electrons. The summed E-state index contributed by atoms with van der Waals surface area (Å²) in [5.74, 6) is -0.739. The molecule has 1 heterocycles. The second-order valence-corrected chi connectivity index (χ2v) is 9.86. The summed E-state index contributed by atoms with van der Waals surface area (Å²) < 4.78 is 48.7. The third-order valence-electron chi connectivity index (χ3n) is 5.93. The number of amides is 1. The molecule has 0 aliphatic carbocycles. The van der Waals surface area contributed by atoms with E-state index in [1.165, 1.54) is 12.0 Å². The molecule has 1 aromatic heterocycles. The van der Waals surface area contributed by atoms with Crippen LogP contribution in [0.5, 0.6) is 0 Å². The van der Waals surface area contributed by atoms with Crippen LogP contribution >= 0.6 is 0 Å². The number of ether oxygens (including phenoxy) is 1. The van der Waals surface area contributed by atoms with Gasteiger partial charge in [0.05, 0.1) is 18.8 Å². The molecule has 3 rings (SSSR count). The Kier molecular flexibility index (Phi) is 8.79. The average molecular weight is 503 g/mol. The minimum absolute atomic E-state index is 0.0137. The van der Waals surface area contributed by atoms with Gasteiger partial charge in [-0.1, -0.05) is 51.1 Å². The van der Waals surface area contributed by atoms with Crippen molar-refractivity contribution >= 4 is 6.09 Å². The Morgan fingerprint density at radius 3 is 2.47 bits per heavy atom. The van der Waals surface area contributed by atoms with E-state index in [-0.39, 0.29) is 24.2 Å². The number of halogens is 3. The fourth-order valence-corrected chi connectivity index (χ4v) is 4.20. The maximum absolute atomic E-state index is 14.7. The molecule has 2 aromatic carbocycles. The number of hydrogen-bond donors (Lipinski definition) is 1. The van der Waals surface area contributed by atoms with Crippen molar-refractivity contribution in [3.05, 3.63) is 77.8 Å². The fraction of sp³-hybridized carbons (Fsp3) is 0.407. The number of rotatable bonds is 9. The number of benzene rings is 2. The first-order chi connectivity index (χ1) is 17.0. The highest BCUT2D eigenvalue weighted by Gasteiger charge is 2.39. The number of carbonyl (C=O) groups is 1. The van der Waals surface area contributed by atoms with Crippen LogP contribution in [-0.4, -0.2) is 46.9 Å². The third kappa shape index (κ3) is 6.46. The van der Waals surface area contributed by atoms with Crippen LogP contribution in [0.2, 0.25) is 0 Å². The lowest BCUT2D eigenvalue weighted by molar-refractivity contribution is 0.0613. The molecule has 2 atom stereocenters. The van der Waals surface area contributed by atoms with E-state index in [1.807, 2.05) is 55.7 Å². The summed E-state index contributed by atoms with van der Waals surface area (Å²) in [4.78, 5) is 19.2. The lowest BCUT2D eigenvalue weighted by Crippen LogP contribution is -2.44. The zero-order chi connectivity index (χ0) is 26.5. The van der Waals surface area contributed by atoms with Gasteiger partial charge >= 0.3 is 6.09 Å². The van der Waals surface area contributed by atoms with Gasteiger partial charge in [-0.25, -0.2) is 22.9 Å². The van der Waals surface area contributed by atoms with Crippen molar-refractivity contribution in [1.82, 2.24) is 14.5 Å². The Labute approximate surface area is 209 Å². The summed E-state index contributed by atoms with van der Waals surface area (Å²) in [6.45, 7) is 5.60. The molecule has 6 nitrogen and oxygen atoms in total. The van der Waals surface area contributed by atoms with E-state index >= 15 is 0 Å². The van der Waals surface area contributed by atoms with Crippen molar-refractivity contribution in [2.75, 3.05) is 20.3 Å². The average Bonchev–Trinajstić information content (AvgIpc) is 3.24. The van der Waals surface area contributed by atoms with Crippen LogP contribution in [0.25, 0.3) is 11.3 Å². The normalized spacial score (nSPS) is 13.3. The smallest absolute Gasteiger partial charge is 0.410 e. The molecular formula is C27H33F3N4O2. The molecule has 1 amide bonds. The first-order valence-corrected chi connectivity index (χ1v) is 11.8. The van der Waals surface area contributed by atoms with Gasteiger partial charge in [0.25, 0.3) is 0 Å². The van der Waals surface area contributed by atoms with Gasteiger partial charge in [-0.2, -0.15) is 0 Å². The molecule has 0 aliphatic heterocycles. The van der Waals surface area contributed by atoms with Crippen LogP contribution in [0.4, 0.5) is 18.0 Å². The number of alkyl halides is 1. The van der Waals surface area contributed by atoms with E-state index in [9.17, 15) is 18.0 Å². The Morgan fingerprint density at radius 2 is 1.86 bits per heavy atom. The van der Waals surface area contributed by atoms with Crippen LogP contribution < -0.4 is 5.73 Å². The molecular weight excluding hydrogens is 469 g/mol. The minimum atomic E-state index is -0.737. The molecule has 0 fully saturated rings. The summed E-state index contributed by atoms with van der Waals surface area (Å²) in [5.41, 5.74) is 6.44. The largest absolute Gasteiger partial charge is 0.453 e. The van der Waals surface area contributed by atoms with Crippen LogP contribution in [0, 0.1) is 17.0 Å². The van der Waals surface area contributed by atoms with Crippen LogP contribution in [-0.2, 0) is 11.3 Å². The lowest BCUT2D eigenvalue weighted by atomic mass is 9.84. The first-order valence-electron chi connectivity index (χ1n) is 11.8. The van der Waals surface area contributed by atoms with Crippen molar-refractivity contribution in [2.24, 2.45) is 11.1 Å². The fourth-order valence-electron chi connectivity index (χ4n) is 4.20. The molecule has 0 spiro atoms. The predicted octanol–water partition coefficient (Wildman–Crippen LogP) is 5.72. The van der Waals surface area contributed by atoms with E-state index < -0.39 is 41.9 Å². The van der Waals surface area contributed by atoms with Gasteiger partial charge in [-0.15, -0.1) is 0 Å². The Hall–Kier alpha value is -3.33. The highest BCUT2D eigenvalue weighted by molar-refractivity contribution is 5.68. The molecule has 0 saturated heterocycles. The Bertz CT molecular complexity index is 1160. The van der Waals surface area contributed by atoms with Gasteiger partial charge in [0.1, 0.15) is 24.1 Å². The lowest BCUT2D eigenvalue weighted by Gasteiger charge is -2.39. The summed E-state index contributed by atoms with van der Waals surface area (Å²) >= 11 is 0. The summed E-state index contributed by atoms with van der Waals surface area (Å²) in [7, 11) is 1.27. The standard InChI is InChI=1S/C27H33F3N4O2/c1-27(2,3)24(34(26(35)36-4)13-12-20(31)15-28)25-32-23(21-14-19(29)10-11-22(21)30)17-33(25)16-18-8-6-5-7-9-18/h5-11,14,17,20,24H,12-13,15-16,31H2,1-4H3/t20-,24-/m0/s1. The molecule has 2 N–H and O–H groups in total. The minimum Gasteiger partial charge on any atom is -0.453 e. The molecule has 0 unspecified atom stereocenters. The van der Waals surface area contributed by atoms with Crippen LogP contribution in [0.3, 0.4) is 0 Å². The van der Waals surface area contributed by atoms with Gasteiger partial charge in [-0.3, -0.25) is 4.90 Å². The molecule has 36 heavy (non-hydrogen) atoms. The van der Waals surface area contributed by atoms with Crippen LogP contribution in [0.1, 0.15) is 44.6 Å². The molecule has 0 aliphatic rings. The highest BCUT2D eigenvalue weighted by Crippen LogP contribution is 2.39. The monoisotopic (exact) mass is 502 g/mol. The summed E-state index contributed by atoms with van der Waals surface area (Å²) in [6, 6.07) is 11.4. The summed E-state index contributed by atoms with van der Waals surface area (Å²) in [6.07, 6.45) is 1.25. The van der Waals surface area contributed by atoms with Gasteiger partial charge < -0.3 is 15.0 Å². The maximum atomic E-state index is 14.7. The van der Waals surface area contributed by atoms with Crippen LogP contribution in [0.15, 0.2) is 54.7 Å². The van der Waals surface area contributed by atoms with Gasteiger partial charge in [0, 0.05) is 30.9 Å². The number of hydrogen-bond acceptors (Lipinski definition) is 4. The molecule has 9 heteroatoms. The number of nitrogens with zero attached hydrogens (tertiary/aromatic N) is 3. The van der Waals surface area contributed by atoms with E-state index in [0.29, 0.717) is 12.4 Å². The Balaban J connectivity index is 2.18. The first kappa shape index (κ1) is 27.3. The predicted molar refractivity (Wildman–Crippen MR) is 133 cm³/mol. The second kappa shape index (κ2) is 11.6. The number of carbonyl (C=O) groups excluding carboxylic acids is 1. The number of aromatic nitrogens is 2. The van der Waals surface area contributed by atoms with Crippen molar-refractivity contribution < 1.29 is 22.7 Å². The number of methoxy groups -OCH3 is 1. The van der Waals surface area contributed by atoms with Crippen molar-refractivity contribution in [1.29, 1.82) is 0 Å².